The molecule has 2 aromatic carbocycles. The van der Waals surface area contributed by atoms with E-state index >= 15 is 0 Å². The summed E-state index contributed by atoms with van der Waals surface area (Å²) in [5, 5.41) is 0. The van der Waals surface area contributed by atoms with Crippen LogP contribution in [0.2, 0.25) is 0 Å². The molecule has 0 fully saturated rings. The number of imidazole rings is 2. The molecule has 112 valence electrons. The van der Waals surface area contributed by atoms with Gasteiger partial charge in [-0.05, 0) is 0 Å². The fourth-order valence-corrected chi connectivity index (χ4v) is 8.03. The molecule has 4 rings (SSSR count). The zero-order valence-corrected chi connectivity index (χ0v) is 17.2. The van der Waals surface area contributed by atoms with Gasteiger partial charge in [-0.3, -0.25) is 0 Å². The van der Waals surface area contributed by atoms with Crippen molar-refractivity contribution in [2.24, 2.45) is 0 Å². The topological polar surface area (TPSA) is 35.6 Å². The van der Waals surface area contributed by atoms with E-state index < -0.39 is 17.6 Å². The number of aromatic nitrogens is 4. The Bertz CT molecular complexity index is 912. The van der Waals surface area contributed by atoms with E-state index in [1.807, 2.05) is 12.1 Å². The predicted octanol–water partition coefficient (Wildman–Crippen LogP) is 3.55. The van der Waals surface area contributed by atoms with Gasteiger partial charge in [-0.1, -0.05) is 0 Å². The molecule has 23 heavy (non-hydrogen) atoms. The molecular weight excluding hydrogens is 378 g/mol. The number of nitrogens with zero attached hydrogens (tertiary/aromatic N) is 4. The minimum atomic E-state index is -1.40. The van der Waals surface area contributed by atoms with E-state index in [-0.39, 0.29) is 0 Å². The van der Waals surface area contributed by atoms with Gasteiger partial charge in [-0.25, -0.2) is 0 Å². The maximum absolute atomic E-state index is 4.73. The Hall–Kier alpha value is -1.30. The summed E-state index contributed by atoms with van der Waals surface area (Å²) in [7, 11) is 0. The quantitative estimate of drug-likeness (QED) is 0.412. The molecule has 0 bridgehead atoms. The number of benzene rings is 2. The third-order valence-electron chi connectivity index (χ3n) is 4.03. The molecule has 7 heteroatoms. The fourth-order valence-electron chi connectivity index (χ4n) is 2.95. The summed E-state index contributed by atoms with van der Waals surface area (Å²) in [5.74, 6) is 3.36. The first kappa shape index (κ1) is 15.2. The van der Waals surface area contributed by atoms with E-state index in [0.717, 1.165) is 22.7 Å². The van der Waals surface area contributed by atoms with E-state index in [0.29, 0.717) is 11.5 Å². The van der Waals surface area contributed by atoms with Gasteiger partial charge in [0.2, 0.25) is 0 Å². The van der Waals surface area contributed by atoms with Crippen molar-refractivity contribution in [3.63, 3.8) is 0 Å². The van der Waals surface area contributed by atoms with Crippen LogP contribution in [0.1, 0.15) is 11.6 Å². The van der Waals surface area contributed by atoms with Gasteiger partial charge >= 0.3 is 153 Å². The molecule has 2 aromatic heterocycles. The van der Waals surface area contributed by atoms with Gasteiger partial charge in [-0.15, -0.1) is 0 Å². The van der Waals surface area contributed by atoms with Crippen LogP contribution < -0.4 is 0 Å². The Morgan fingerprint density at radius 2 is 1.17 bits per heavy atom. The van der Waals surface area contributed by atoms with E-state index in [1.54, 1.807) is 0 Å². The van der Waals surface area contributed by atoms with Crippen LogP contribution in [0.25, 0.3) is 22.1 Å². The molecule has 0 radical (unpaired) electrons. The summed E-state index contributed by atoms with van der Waals surface area (Å²) in [6.07, 6.45) is 0. The van der Waals surface area contributed by atoms with Gasteiger partial charge in [0.25, 0.3) is 0 Å². The van der Waals surface area contributed by atoms with Crippen molar-refractivity contribution < 1.29 is 17.6 Å². The number of hydrogen-bond donors (Lipinski definition) is 2. The molecule has 0 unspecified atom stereocenters. The number of thiol groups is 2. The van der Waals surface area contributed by atoms with Crippen molar-refractivity contribution in [1.82, 2.24) is 16.6 Å². The molecule has 0 atom stereocenters. The van der Waals surface area contributed by atoms with Crippen LogP contribution in [0, 0.1) is 0 Å². The Kier molecular flexibility index (Phi) is 4.18. The zero-order valence-electron chi connectivity index (χ0n) is 12.4. The summed E-state index contributed by atoms with van der Waals surface area (Å²) in [6, 6.07) is 16.6. The first-order chi connectivity index (χ1) is 11.3. The molecule has 4 nitrogen and oxygen atoms in total. The Labute approximate surface area is 152 Å². The number of rotatable bonds is 4. The predicted molar refractivity (Wildman–Crippen MR) is 95.6 cm³/mol. The average molecular weight is 392 g/mol. The van der Waals surface area contributed by atoms with Gasteiger partial charge in [-0.2, -0.15) is 0 Å². The summed E-state index contributed by atoms with van der Waals surface area (Å²) >= 11 is 7.55. The van der Waals surface area contributed by atoms with Gasteiger partial charge in [0.1, 0.15) is 0 Å². The van der Waals surface area contributed by atoms with Crippen molar-refractivity contribution in [1.29, 1.82) is 0 Å². The monoisotopic (exact) mass is 390 g/mol. The first-order valence-corrected chi connectivity index (χ1v) is 11.3. The average Bonchev–Trinajstić information content (AvgIpc) is 3.14. The van der Waals surface area contributed by atoms with Crippen LogP contribution in [-0.2, 0) is 29.1 Å². The third-order valence-corrected chi connectivity index (χ3v) is 8.75. The summed E-state index contributed by atoms with van der Waals surface area (Å²) in [4.78, 5) is 9.46. The van der Waals surface area contributed by atoms with Crippen LogP contribution >= 0.6 is 25.3 Å². The summed E-state index contributed by atoms with van der Waals surface area (Å²) in [5.41, 5.74) is 4.47. The maximum atomic E-state index is 4.73. The minimum absolute atomic E-state index is 0.642. The van der Waals surface area contributed by atoms with Crippen LogP contribution in [0.4, 0.5) is 0 Å². The molecule has 0 amide bonds. The first-order valence-electron chi connectivity index (χ1n) is 7.42. The fraction of sp³-hybridized carbons (Fsp3) is 0.125. The van der Waals surface area contributed by atoms with Crippen LogP contribution in [-0.4, -0.2) is 16.6 Å². The van der Waals surface area contributed by atoms with Gasteiger partial charge < -0.3 is 0 Å². The Morgan fingerprint density at radius 1 is 0.739 bits per heavy atom. The number of hydrogen-bond acceptors (Lipinski definition) is 4. The van der Waals surface area contributed by atoms with Crippen LogP contribution in [0.15, 0.2) is 48.5 Å². The van der Waals surface area contributed by atoms with Crippen molar-refractivity contribution in [2.45, 2.75) is 11.5 Å². The summed E-state index contributed by atoms with van der Waals surface area (Å²) < 4.78 is 4.77. The second kappa shape index (κ2) is 6.31. The van der Waals surface area contributed by atoms with Crippen molar-refractivity contribution in [3.05, 3.63) is 60.2 Å². The SMILES string of the molecule is SCc1nc2ccccc2[n]1[Zn][n]1c(CS)nc2ccccc21. The van der Waals surface area contributed by atoms with E-state index in [4.69, 9.17) is 9.97 Å². The molecule has 2 heterocycles. The third kappa shape index (κ3) is 2.61. The molecule has 0 aliphatic heterocycles. The second-order valence-corrected chi connectivity index (χ2v) is 9.23. The molecule has 0 N–H and O–H groups in total. The zero-order chi connectivity index (χ0) is 15.8. The van der Waals surface area contributed by atoms with Gasteiger partial charge in [0.15, 0.2) is 0 Å². The molecule has 4 aromatic rings. The van der Waals surface area contributed by atoms with E-state index in [1.165, 1.54) is 11.0 Å². The van der Waals surface area contributed by atoms with E-state index in [9.17, 15) is 0 Å². The Balaban J connectivity index is 1.91. The van der Waals surface area contributed by atoms with Gasteiger partial charge in [0.05, 0.1) is 0 Å². The van der Waals surface area contributed by atoms with Crippen molar-refractivity contribution in [3.8, 4) is 0 Å². The molecule has 0 saturated carbocycles. The molecule has 0 saturated heterocycles. The van der Waals surface area contributed by atoms with Crippen LogP contribution in [0.3, 0.4) is 0 Å². The number of para-hydroxylation sites is 4. The van der Waals surface area contributed by atoms with E-state index in [2.05, 4.69) is 68.3 Å². The van der Waals surface area contributed by atoms with Crippen molar-refractivity contribution in [2.75, 3.05) is 0 Å². The molecular formula is C16H14N4S2Zn. The molecule has 0 aliphatic carbocycles. The standard InChI is InChI=1S/2C8H7N2S.Zn/c2*11-5-8-9-6-3-1-2-4-7(6)10-8;/h2*1-4H,5H2,(H-,9,10,11);/q2*-1;+2. The number of fused-ring (bicyclic) bond motifs is 2. The van der Waals surface area contributed by atoms with Crippen LogP contribution in [0.5, 0.6) is 0 Å². The second-order valence-electron chi connectivity index (χ2n) is 5.35. The normalized spacial score (nSPS) is 11.2. The Morgan fingerprint density at radius 3 is 1.61 bits per heavy atom. The van der Waals surface area contributed by atoms with Crippen molar-refractivity contribution >= 4 is 47.3 Å². The van der Waals surface area contributed by atoms with Gasteiger partial charge in [0, 0.05) is 0 Å². The summed E-state index contributed by atoms with van der Waals surface area (Å²) in [6.45, 7) is 0. The molecule has 0 spiro atoms. The molecule has 0 aliphatic rings.